The van der Waals surface area contributed by atoms with E-state index in [2.05, 4.69) is 25.6 Å². The van der Waals surface area contributed by atoms with Gasteiger partial charge in [0.1, 0.15) is 29.4 Å². The number of aliphatic hydroxyl groups is 1. The maximum absolute atomic E-state index is 13.1. The fourth-order valence-corrected chi connectivity index (χ4v) is 4.56. The quantitative estimate of drug-likeness (QED) is 0.395. The average molecular weight is 478 g/mol. The zero-order valence-corrected chi connectivity index (χ0v) is 19.8. The number of para-hydroxylation sites is 1. The van der Waals surface area contributed by atoms with Gasteiger partial charge in [-0.2, -0.15) is 0 Å². The van der Waals surface area contributed by atoms with Crippen molar-refractivity contribution in [2.24, 2.45) is 5.92 Å². The summed E-state index contributed by atoms with van der Waals surface area (Å²) in [6, 6.07) is 7.86. The molecule has 5 rings (SSSR count). The molecule has 2 heterocycles. The number of hydrogen-bond donors (Lipinski definition) is 4. The molecule has 3 aromatic rings. The third-order valence-corrected chi connectivity index (χ3v) is 6.81. The van der Waals surface area contributed by atoms with Crippen molar-refractivity contribution in [1.82, 2.24) is 25.6 Å². The highest BCUT2D eigenvalue weighted by Gasteiger charge is 2.27. The van der Waals surface area contributed by atoms with E-state index in [1.807, 2.05) is 24.3 Å². The van der Waals surface area contributed by atoms with Crippen molar-refractivity contribution in [3.8, 4) is 17.0 Å². The second-order valence-corrected chi connectivity index (χ2v) is 9.61. The van der Waals surface area contributed by atoms with E-state index in [9.17, 15) is 14.7 Å². The number of aromatic nitrogens is 3. The average Bonchev–Trinajstić information content (AvgIpc) is 3.59. The highest BCUT2D eigenvalue weighted by atomic mass is 16.5. The third kappa shape index (κ3) is 5.30. The number of H-pyrrole nitrogens is 1. The Morgan fingerprint density at radius 1 is 1.09 bits per heavy atom. The predicted molar refractivity (Wildman–Crippen MR) is 131 cm³/mol. The number of benzene rings is 1. The third-order valence-electron chi connectivity index (χ3n) is 6.81. The fraction of sp³-hybridized carbons (Fsp3) is 0.462. The number of rotatable bonds is 8. The Morgan fingerprint density at radius 2 is 1.80 bits per heavy atom. The molecule has 184 valence electrons. The van der Waals surface area contributed by atoms with Crippen LogP contribution in [0, 0.1) is 5.92 Å². The fourth-order valence-electron chi connectivity index (χ4n) is 4.56. The lowest BCUT2D eigenvalue weighted by Crippen LogP contribution is -2.45. The van der Waals surface area contributed by atoms with Gasteiger partial charge in [-0.05, 0) is 63.5 Å². The van der Waals surface area contributed by atoms with Gasteiger partial charge in [0.25, 0.3) is 5.91 Å². The van der Waals surface area contributed by atoms with Gasteiger partial charge >= 0.3 is 0 Å². The normalized spacial score (nSPS) is 20.9. The molecule has 1 aromatic carbocycles. The van der Waals surface area contributed by atoms with E-state index in [1.165, 1.54) is 26.1 Å². The maximum atomic E-state index is 13.1. The Hall–Kier alpha value is -3.46. The van der Waals surface area contributed by atoms with Crippen LogP contribution in [-0.4, -0.2) is 56.7 Å². The molecule has 0 bridgehead atoms. The molecule has 0 saturated heterocycles. The van der Waals surface area contributed by atoms with E-state index < -0.39 is 6.10 Å². The molecule has 2 saturated carbocycles. The Balaban J connectivity index is 1.28. The first-order valence-corrected chi connectivity index (χ1v) is 12.3. The van der Waals surface area contributed by atoms with Crippen LogP contribution < -0.4 is 15.4 Å². The van der Waals surface area contributed by atoms with Gasteiger partial charge in [0.05, 0.1) is 17.7 Å². The number of carbonyl (C=O) groups excluding carboxylic acids is 2. The largest absolute Gasteiger partial charge is 0.493 e. The molecule has 2 amide bonds. The second-order valence-electron chi connectivity index (χ2n) is 9.61. The molecule has 9 nitrogen and oxygen atoms in total. The van der Waals surface area contributed by atoms with Crippen LogP contribution in [0.25, 0.3) is 22.3 Å². The molecular weight excluding hydrogens is 446 g/mol. The van der Waals surface area contributed by atoms with Gasteiger partial charge in [-0.15, -0.1) is 0 Å². The van der Waals surface area contributed by atoms with Crippen LogP contribution in [0.1, 0.15) is 55.8 Å². The van der Waals surface area contributed by atoms with E-state index in [4.69, 9.17) is 4.74 Å². The molecule has 2 aliphatic rings. The van der Waals surface area contributed by atoms with Crippen LogP contribution >= 0.6 is 0 Å². The lowest BCUT2D eigenvalue weighted by Gasteiger charge is -2.29. The van der Waals surface area contributed by atoms with Crippen LogP contribution in [0.3, 0.4) is 0 Å². The van der Waals surface area contributed by atoms with Crippen molar-refractivity contribution in [2.45, 2.75) is 63.6 Å². The SMILES string of the molecule is C[C@H](O)C(=O)NC1CCC(NC(=O)c2c[nH]c3c(-c4ccccc4OCC4CC4)ncnc23)CC1. The van der Waals surface area contributed by atoms with Crippen molar-refractivity contribution in [3.05, 3.63) is 42.4 Å². The van der Waals surface area contributed by atoms with Gasteiger partial charge in [0, 0.05) is 23.8 Å². The van der Waals surface area contributed by atoms with Crippen LogP contribution in [0.4, 0.5) is 0 Å². The summed E-state index contributed by atoms with van der Waals surface area (Å²) in [6.07, 6.45) is 7.59. The molecule has 2 fully saturated rings. The summed E-state index contributed by atoms with van der Waals surface area (Å²) in [5, 5.41) is 15.4. The van der Waals surface area contributed by atoms with Crippen molar-refractivity contribution in [2.75, 3.05) is 6.61 Å². The number of ether oxygens (including phenoxy) is 1. The Morgan fingerprint density at radius 3 is 2.51 bits per heavy atom. The minimum atomic E-state index is -1.02. The number of nitrogens with zero attached hydrogens (tertiary/aromatic N) is 2. The summed E-state index contributed by atoms with van der Waals surface area (Å²) in [6.45, 7) is 2.16. The van der Waals surface area contributed by atoms with Gasteiger partial charge in [0.15, 0.2) is 0 Å². The molecule has 35 heavy (non-hydrogen) atoms. The zero-order valence-electron chi connectivity index (χ0n) is 19.8. The lowest BCUT2D eigenvalue weighted by atomic mass is 9.91. The molecule has 2 aromatic heterocycles. The van der Waals surface area contributed by atoms with Gasteiger partial charge in [-0.25, -0.2) is 9.97 Å². The van der Waals surface area contributed by atoms with Crippen LogP contribution in [-0.2, 0) is 4.79 Å². The van der Waals surface area contributed by atoms with Crippen LogP contribution in [0.5, 0.6) is 5.75 Å². The van der Waals surface area contributed by atoms with Gasteiger partial charge in [0.2, 0.25) is 5.91 Å². The highest BCUT2D eigenvalue weighted by molar-refractivity contribution is 6.07. The molecule has 0 radical (unpaired) electrons. The first kappa shape index (κ1) is 23.3. The van der Waals surface area contributed by atoms with Crippen molar-refractivity contribution < 1.29 is 19.4 Å². The number of fused-ring (bicyclic) bond motifs is 1. The monoisotopic (exact) mass is 477 g/mol. The zero-order chi connectivity index (χ0) is 24.4. The van der Waals surface area contributed by atoms with E-state index in [0.717, 1.165) is 37.0 Å². The van der Waals surface area contributed by atoms with Crippen LogP contribution in [0.2, 0.25) is 0 Å². The van der Waals surface area contributed by atoms with Crippen LogP contribution in [0.15, 0.2) is 36.8 Å². The van der Waals surface area contributed by atoms with E-state index in [-0.39, 0.29) is 23.9 Å². The van der Waals surface area contributed by atoms with E-state index in [0.29, 0.717) is 34.8 Å². The predicted octanol–water partition coefficient (Wildman–Crippen LogP) is 2.95. The molecule has 4 N–H and O–H groups in total. The molecule has 0 unspecified atom stereocenters. The summed E-state index contributed by atoms with van der Waals surface area (Å²) in [4.78, 5) is 36.9. The lowest BCUT2D eigenvalue weighted by molar-refractivity contribution is -0.129. The molecule has 9 heteroatoms. The summed E-state index contributed by atoms with van der Waals surface area (Å²) in [5.41, 5.74) is 3.32. The van der Waals surface area contributed by atoms with Crippen molar-refractivity contribution in [3.63, 3.8) is 0 Å². The summed E-state index contributed by atoms with van der Waals surface area (Å²) < 4.78 is 6.07. The summed E-state index contributed by atoms with van der Waals surface area (Å²) in [5.74, 6) is 0.875. The minimum absolute atomic E-state index is 0.0185. The summed E-state index contributed by atoms with van der Waals surface area (Å²) >= 11 is 0. The van der Waals surface area contributed by atoms with Crippen molar-refractivity contribution >= 4 is 22.8 Å². The number of nitrogens with one attached hydrogen (secondary N) is 3. The maximum Gasteiger partial charge on any atom is 0.255 e. The van der Waals surface area contributed by atoms with E-state index in [1.54, 1.807) is 6.20 Å². The first-order valence-electron chi connectivity index (χ1n) is 12.3. The van der Waals surface area contributed by atoms with E-state index >= 15 is 0 Å². The standard InChI is InChI=1S/C26H31N5O4/c1-15(32)25(33)30-17-8-10-18(11-9-17)31-26(34)20-12-27-24-22(28-14-29-23(20)24)19-4-2-3-5-21(19)35-13-16-6-7-16/h2-5,12,14-18,27,32H,6-11,13H2,1H3,(H,30,33)(H,31,34)/t15-,17?,18?/m0/s1. The highest BCUT2D eigenvalue weighted by Crippen LogP contribution is 2.35. The number of aliphatic hydroxyl groups excluding tert-OH is 1. The molecule has 0 aliphatic heterocycles. The number of aromatic amines is 1. The second kappa shape index (κ2) is 10.0. The first-order chi connectivity index (χ1) is 17.0. The topological polar surface area (TPSA) is 129 Å². The van der Waals surface area contributed by atoms with Gasteiger partial charge in [-0.3, -0.25) is 9.59 Å². The number of carbonyl (C=O) groups is 2. The van der Waals surface area contributed by atoms with Gasteiger partial charge in [-0.1, -0.05) is 12.1 Å². The Bertz CT molecular complexity index is 1210. The smallest absolute Gasteiger partial charge is 0.255 e. The number of amides is 2. The molecule has 2 aliphatic carbocycles. The Labute approximate surface area is 203 Å². The summed E-state index contributed by atoms with van der Waals surface area (Å²) in [7, 11) is 0. The Kier molecular flexibility index (Phi) is 6.68. The minimum Gasteiger partial charge on any atom is -0.493 e. The molecule has 0 spiro atoms. The van der Waals surface area contributed by atoms with Crippen molar-refractivity contribution in [1.29, 1.82) is 0 Å². The van der Waals surface area contributed by atoms with Gasteiger partial charge < -0.3 is 25.5 Å². The number of hydrogen-bond acceptors (Lipinski definition) is 6. The molecule has 1 atom stereocenters. The molecular formula is C26H31N5O4.